The maximum Gasteiger partial charge on any atom is 0.220 e. The molecule has 0 fully saturated rings. The summed E-state index contributed by atoms with van der Waals surface area (Å²) in [7, 11) is 0. The van der Waals surface area contributed by atoms with E-state index in [0.717, 1.165) is 41.9 Å². The van der Waals surface area contributed by atoms with Crippen LogP contribution < -0.4 is 5.32 Å². The molecule has 1 amide bonds. The third-order valence-corrected chi connectivity index (χ3v) is 5.64. The predicted molar refractivity (Wildman–Crippen MR) is 126 cm³/mol. The van der Waals surface area contributed by atoms with Gasteiger partial charge in [0.2, 0.25) is 5.91 Å². The van der Waals surface area contributed by atoms with E-state index in [1.165, 1.54) is 5.52 Å². The summed E-state index contributed by atoms with van der Waals surface area (Å²) < 4.78 is 2.28. The van der Waals surface area contributed by atoms with Crippen molar-refractivity contribution in [2.75, 3.05) is 6.54 Å². The van der Waals surface area contributed by atoms with Crippen LogP contribution in [0.5, 0.6) is 0 Å². The summed E-state index contributed by atoms with van der Waals surface area (Å²) in [5.41, 5.74) is 4.51. The Hall–Kier alpha value is -3.40. The highest BCUT2D eigenvalue weighted by Crippen LogP contribution is 2.27. The predicted octanol–water partition coefficient (Wildman–Crippen LogP) is 5.33. The molecule has 4 nitrogen and oxygen atoms in total. The molecule has 0 radical (unpaired) electrons. The van der Waals surface area contributed by atoms with E-state index in [4.69, 9.17) is 4.98 Å². The number of hydrogen-bond donors (Lipinski definition) is 1. The van der Waals surface area contributed by atoms with E-state index in [9.17, 15) is 4.79 Å². The van der Waals surface area contributed by atoms with Gasteiger partial charge in [0.25, 0.3) is 0 Å². The van der Waals surface area contributed by atoms with Crippen molar-refractivity contribution in [2.45, 2.75) is 38.6 Å². The molecule has 4 heteroatoms. The van der Waals surface area contributed by atoms with Gasteiger partial charge in [-0.2, -0.15) is 0 Å². The molecule has 1 aromatic heterocycles. The molecular weight excluding hydrogens is 382 g/mol. The number of aromatic nitrogens is 2. The normalized spacial score (nSPS) is 11.2. The van der Waals surface area contributed by atoms with Crippen LogP contribution in [0.15, 0.2) is 84.9 Å². The molecule has 0 aliphatic heterocycles. The van der Waals surface area contributed by atoms with Crippen molar-refractivity contribution < 1.29 is 4.79 Å². The Morgan fingerprint density at radius 1 is 0.903 bits per heavy atom. The van der Waals surface area contributed by atoms with Crippen molar-refractivity contribution in [3.63, 3.8) is 0 Å². The Kier molecular flexibility index (Phi) is 6.78. The number of rotatable bonds is 9. The van der Waals surface area contributed by atoms with Crippen LogP contribution in [0.1, 0.15) is 42.6 Å². The van der Waals surface area contributed by atoms with Gasteiger partial charge in [0.15, 0.2) is 0 Å². The SMILES string of the molecule is CCCn1c(CCNC(=O)CC(c2ccccc2)c2ccccc2)nc2ccccc21. The lowest BCUT2D eigenvalue weighted by atomic mass is 9.88. The molecule has 0 saturated carbocycles. The van der Waals surface area contributed by atoms with Gasteiger partial charge in [-0.1, -0.05) is 79.7 Å². The molecule has 1 N–H and O–H groups in total. The summed E-state index contributed by atoms with van der Waals surface area (Å²) in [4.78, 5) is 17.6. The van der Waals surface area contributed by atoms with Crippen LogP contribution in [0.25, 0.3) is 11.0 Å². The monoisotopic (exact) mass is 411 g/mol. The minimum Gasteiger partial charge on any atom is -0.356 e. The van der Waals surface area contributed by atoms with Gasteiger partial charge in [0.05, 0.1) is 11.0 Å². The standard InChI is InChI=1S/C27H29N3O/c1-2-19-30-25-16-10-9-15-24(25)29-26(30)17-18-28-27(31)20-23(21-11-5-3-6-12-21)22-13-7-4-8-14-22/h3-16,23H,2,17-20H2,1H3,(H,28,31). The van der Waals surface area contributed by atoms with E-state index in [-0.39, 0.29) is 11.8 Å². The molecule has 0 atom stereocenters. The van der Waals surface area contributed by atoms with Crippen molar-refractivity contribution in [1.82, 2.24) is 14.9 Å². The second-order valence-electron chi connectivity index (χ2n) is 7.85. The van der Waals surface area contributed by atoms with Crippen molar-refractivity contribution in [2.24, 2.45) is 0 Å². The van der Waals surface area contributed by atoms with E-state index >= 15 is 0 Å². The first-order valence-electron chi connectivity index (χ1n) is 11.1. The molecule has 0 bridgehead atoms. The Morgan fingerprint density at radius 2 is 1.52 bits per heavy atom. The molecule has 158 valence electrons. The zero-order valence-corrected chi connectivity index (χ0v) is 18.0. The van der Waals surface area contributed by atoms with Crippen LogP contribution in [0.2, 0.25) is 0 Å². The van der Waals surface area contributed by atoms with E-state index < -0.39 is 0 Å². The number of fused-ring (bicyclic) bond motifs is 1. The Labute approximate surface area is 183 Å². The van der Waals surface area contributed by atoms with Crippen molar-refractivity contribution in [1.29, 1.82) is 0 Å². The largest absolute Gasteiger partial charge is 0.356 e. The van der Waals surface area contributed by atoms with Crippen LogP contribution in [0, 0.1) is 0 Å². The maximum atomic E-state index is 12.8. The van der Waals surface area contributed by atoms with Crippen molar-refractivity contribution >= 4 is 16.9 Å². The zero-order valence-electron chi connectivity index (χ0n) is 18.0. The highest BCUT2D eigenvalue weighted by atomic mass is 16.1. The molecular formula is C27H29N3O. The second-order valence-corrected chi connectivity index (χ2v) is 7.85. The fraction of sp³-hybridized carbons (Fsp3) is 0.259. The smallest absolute Gasteiger partial charge is 0.220 e. The third-order valence-electron chi connectivity index (χ3n) is 5.64. The van der Waals surface area contributed by atoms with Gasteiger partial charge >= 0.3 is 0 Å². The van der Waals surface area contributed by atoms with Gasteiger partial charge in [-0.3, -0.25) is 4.79 Å². The first-order chi connectivity index (χ1) is 15.3. The van der Waals surface area contributed by atoms with Crippen LogP contribution in [0.4, 0.5) is 0 Å². The molecule has 0 spiro atoms. The molecule has 0 aliphatic carbocycles. The van der Waals surface area contributed by atoms with Crippen LogP contribution >= 0.6 is 0 Å². The van der Waals surface area contributed by atoms with Gasteiger partial charge < -0.3 is 9.88 Å². The van der Waals surface area contributed by atoms with Crippen LogP contribution in [-0.2, 0) is 17.8 Å². The average Bonchev–Trinajstić information content (AvgIpc) is 3.16. The fourth-order valence-corrected chi connectivity index (χ4v) is 4.16. The Bertz CT molecular complexity index is 1080. The van der Waals surface area contributed by atoms with E-state index in [0.29, 0.717) is 13.0 Å². The number of para-hydroxylation sites is 2. The summed E-state index contributed by atoms with van der Waals surface area (Å²) >= 11 is 0. The summed E-state index contributed by atoms with van der Waals surface area (Å²) in [6.45, 7) is 3.70. The third kappa shape index (κ3) is 5.02. The number of benzene rings is 3. The number of aryl methyl sites for hydroxylation is 1. The topological polar surface area (TPSA) is 46.9 Å². The highest BCUT2D eigenvalue weighted by molar-refractivity contribution is 5.78. The molecule has 0 saturated heterocycles. The first-order valence-corrected chi connectivity index (χ1v) is 11.1. The van der Waals surface area contributed by atoms with Gasteiger partial charge in [-0.25, -0.2) is 4.98 Å². The number of nitrogens with zero attached hydrogens (tertiary/aromatic N) is 2. The highest BCUT2D eigenvalue weighted by Gasteiger charge is 2.18. The minimum absolute atomic E-state index is 0.0482. The molecule has 4 rings (SSSR count). The Morgan fingerprint density at radius 3 is 2.16 bits per heavy atom. The maximum absolute atomic E-state index is 12.8. The first kappa shape index (κ1) is 20.9. The molecule has 31 heavy (non-hydrogen) atoms. The Balaban J connectivity index is 1.43. The molecule has 4 aromatic rings. The van der Waals surface area contributed by atoms with Gasteiger partial charge in [0, 0.05) is 31.8 Å². The number of imidazole rings is 1. The van der Waals surface area contributed by atoms with E-state index in [1.54, 1.807) is 0 Å². The minimum atomic E-state index is 0.0482. The average molecular weight is 412 g/mol. The number of nitrogens with one attached hydrogen (secondary N) is 1. The van der Waals surface area contributed by atoms with Gasteiger partial charge in [-0.05, 0) is 29.7 Å². The quantitative estimate of drug-likeness (QED) is 0.405. The van der Waals surface area contributed by atoms with Crippen molar-refractivity contribution in [3.05, 3.63) is 102 Å². The number of carbonyl (C=O) groups is 1. The van der Waals surface area contributed by atoms with Crippen LogP contribution in [-0.4, -0.2) is 22.0 Å². The van der Waals surface area contributed by atoms with E-state index in [2.05, 4.69) is 53.2 Å². The lowest BCUT2D eigenvalue weighted by Gasteiger charge is -2.18. The van der Waals surface area contributed by atoms with E-state index in [1.807, 2.05) is 48.5 Å². The molecule has 1 heterocycles. The van der Waals surface area contributed by atoms with Gasteiger partial charge in [-0.15, -0.1) is 0 Å². The summed E-state index contributed by atoms with van der Waals surface area (Å²) in [5, 5.41) is 3.12. The molecule has 0 aliphatic rings. The summed E-state index contributed by atoms with van der Waals surface area (Å²) in [5.74, 6) is 1.15. The summed E-state index contributed by atoms with van der Waals surface area (Å²) in [6.07, 6.45) is 2.21. The number of carbonyl (C=O) groups excluding carboxylic acids is 1. The number of hydrogen-bond acceptors (Lipinski definition) is 2. The lowest BCUT2D eigenvalue weighted by Crippen LogP contribution is -2.28. The van der Waals surface area contributed by atoms with Gasteiger partial charge in [0.1, 0.15) is 5.82 Å². The summed E-state index contributed by atoms with van der Waals surface area (Å²) in [6, 6.07) is 28.7. The fourth-order valence-electron chi connectivity index (χ4n) is 4.16. The molecule has 0 unspecified atom stereocenters. The van der Waals surface area contributed by atoms with Crippen molar-refractivity contribution in [3.8, 4) is 0 Å². The number of amides is 1. The lowest BCUT2D eigenvalue weighted by molar-refractivity contribution is -0.121. The second kappa shape index (κ2) is 10.1. The zero-order chi connectivity index (χ0) is 21.5. The van der Waals surface area contributed by atoms with Crippen LogP contribution in [0.3, 0.4) is 0 Å². The molecule has 3 aromatic carbocycles.